The van der Waals surface area contributed by atoms with Gasteiger partial charge in [0.2, 0.25) is 16.0 Å². The molecule has 10 nitrogen and oxygen atoms in total. The molecule has 3 N–H and O–H groups in total. The summed E-state index contributed by atoms with van der Waals surface area (Å²) in [6.07, 6.45) is -1.44. The van der Waals surface area contributed by atoms with E-state index in [4.69, 9.17) is 5.26 Å². The molecule has 0 spiro atoms. The Morgan fingerprint density at radius 2 is 1.88 bits per heavy atom. The Kier molecular flexibility index (Phi) is 6.92. The first kappa shape index (κ1) is 23.7. The van der Waals surface area contributed by atoms with Crippen LogP contribution in [0.25, 0.3) is 0 Å². The van der Waals surface area contributed by atoms with Gasteiger partial charge in [-0.3, -0.25) is 4.72 Å². The fourth-order valence-corrected chi connectivity index (χ4v) is 3.14. The molecule has 0 aliphatic rings. The van der Waals surface area contributed by atoms with Gasteiger partial charge in [0.1, 0.15) is 29.0 Å². The molecule has 3 heterocycles. The second kappa shape index (κ2) is 9.65. The van der Waals surface area contributed by atoms with E-state index < -0.39 is 27.6 Å². The molecule has 0 aromatic carbocycles. The zero-order chi connectivity index (χ0) is 24.1. The maximum Gasteiger partial charge on any atom is 0.421 e. The number of hydrogen-bond acceptors (Lipinski definition) is 9. The van der Waals surface area contributed by atoms with E-state index in [0.717, 1.165) is 0 Å². The van der Waals surface area contributed by atoms with Crippen LogP contribution >= 0.6 is 0 Å². The number of pyridine rings is 2. The SMILES string of the molecule is CCS(=O)(=O)Nc1ncccc1CNc1nc(Nc2ccc(C#N)nc2)ncc1C(F)(F)F. The van der Waals surface area contributed by atoms with Crippen LogP contribution < -0.4 is 15.4 Å². The second-order valence-electron chi connectivity index (χ2n) is 6.49. The molecule has 0 saturated heterocycles. The van der Waals surface area contributed by atoms with Gasteiger partial charge in [-0.05, 0) is 25.1 Å². The Morgan fingerprint density at radius 3 is 2.52 bits per heavy atom. The number of anilines is 4. The van der Waals surface area contributed by atoms with E-state index in [1.165, 1.54) is 43.6 Å². The van der Waals surface area contributed by atoms with Gasteiger partial charge in [0.25, 0.3) is 0 Å². The van der Waals surface area contributed by atoms with E-state index in [1.54, 1.807) is 0 Å². The third-order valence-corrected chi connectivity index (χ3v) is 5.46. The fourth-order valence-electron chi connectivity index (χ4n) is 2.52. The number of rotatable bonds is 8. The first-order chi connectivity index (χ1) is 15.6. The predicted molar refractivity (Wildman–Crippen MR) is 114 cm³/mol. The topological polar surface area (TPSA) is 146 Å². The first-order valence-electron chi connectivity index (χ1n) is 9.37. The summed E-state index contributed by atoms with van der Waals surface area (Å²) < 4.78 is 66.5. The minimum atomic E-state index is -4.74. The highest BCUT2D eigenvalue weighted by Crippen LogP contribution is 2.34. The maximum atomic E-state index is 13.5. The summed E-state index contributed by atoms with van der Waals surface area (Å²) in [5.41, 5.74) is -0.261. The third-order valence-electron chi connectivity index (χ3n) is 4.20. The molecule has 0 aliphatic carbocycles. The molecule has 172 valence electrons. The molecular formula is C19H17F3N8O2S. The lowest BCUT2D eigenvalue weighted by Crippen LogP contribution is -2.18. The highest BCUT2D eigenvalue weighted by atomic mass is 32.2. The van der Waals surface area contributed by atoms with Crippen LogP contribution in [-0.4, -0.2) is 34.1 Å². The minimum Gasteiger partial charge on any atom is -0.365 e. The number of alkyl halides is 3. The standard InChI is InChI=1S/C19H17F3N8O2S/c1-2-33(31,32)30-16-12(4-3-7-24-16)9-26-17-15(19(20,21)22)11-27-18(29-17)28-14-6-5-13(8-23)25-10-14/h3-7,10-11H,2,9H2,1H3,(H,24,30)(H2,26,27,28,29). The number of nitrogens with one attached hydrogen (secondary N) is 3. The lowest BCUT2D eigenvalue weighted by Gasteiger charge is -2.16. The van der Waals surface area contributed by atoms with Crippen LogP contribution in [0.2, 0.25) is 0 Å². The Bertz CT molecular complexity index is 1280. The van der Waals surface area contributed by atoms with Crippen molar-refractivity contribution in [3.63, 3.8) is 0 Å². The molecule has 3 aromatic heterocycles. The Hall–Kier alpha value is -3.99. The minimum absolute atomic E-state index is 0.00327. The summed E-state index contributed by atoms with van der Waals surface area (Å²) in [6, 6.07) is 7.82. The number of halogens is 3. The van der Waals surface area contributed by atoms with Crippen molar-refractivity contribution in [2.24, 2.45) is 0 Å². The fraction of sp³-hybridized carbons (Fsp3) is 0.211. The average Bonchev–Trinajstić information content (AvgIpc) is 2.78. The molecule has 0 saturated carbocycles. The molecule has 0 amide bonds. The number of aromatic nitrogens is 4. The van der Waals surface area contributed by atoms with Crippen molar-refractivity contribution in [2.45, 2.75) is 19.6 Å². The van der Waals surface area contributed by atoms with E-state index >= 15 is 0 Å². The summed E-state index contributed by atoms with van der Waals surface area (Å²) in [5.74, 6) is -0.860. The van der Waals surface area contributed by atoms with Gasteiger partial charge >= 0.3 is 6.18 Å². The normalized spacial score (nSPS) is 11.5. The van der Waals surface area contributed by atoms with E-state index in [-0.39, 0.29) is 29.8 Å². The third kappa shape index (κ3) is 6.26. The van der Waals surface area contributed by atoms with Gasteiger partial charge in [-0.15, -0.1) is 0 Å². The Balaban J connectivity index is 1.87. The summed E-state index contributed by atoms with van der Waals surface area (Å²) in [7, 11) is -3.64. The molecule has 0 radical (unpaired) electrons. The van der Waals surface area contributed by atoms with E-state index in [1.807, 2.05) is 6.07 Å². The van der Waals surface area contributed by atoms with Gasteiger partial charge in [-0.2, -0.15) is 23.4 Å². The highest BCUT2D eigenvalue weighted by Gasteiger charge is 2.35. The smallest absolute Gasteiger partial charge is 0.365 e. The molecule has 3 rings (SSSR count). The van der Waals surface area contributed by atoms with Crippen molar-refractivity contribution in [3.8, 4) is 6.07 Å². The lowest BCUT2D eigenvalue weighted by atomic mass is 10.2. The highest BCUT2D eigenvalue weighted by molar-refractivity contribution is 7.92. The number of nitriles is 1. The number of sulfonamides is 1. The molecule has 0 fully saturated rings. The summed E-state index contributed by atoms with van der Waals surface area (Å²) in [6.45, 7) is 1.24. The van der Waals surface area contributed by atoms with Gasteiger partial charge in [-0.25, -0.2) is 23.4 Å². The van der Waals surface area contributed by atoms with Gasteiger partial charge in [0, 0.05) is 24.5 Å². The Labute approximate surface area is 187 Å². The van der Waals surface area contributed by atoms with Crippen LogP contribution in [0.3, 0.4) is 0 Å². The average molecular weight is 478 g/mol. The van der Waals surface area contributed by atoms with Crippen molar-refractivity contribution >= 4 is 33.3 Å². The van der Waals surface area contributed by atoms with Crippen molar-refractivity contribution in [1.29, 1.82) is 5.26 Å². The maximum absolute atomic E-state index is 13.5. The predicted octanol–water partition coefficient (Wildman–Crippen LogP) is 3.27. The summed E-state index contributed by atoms with van der Waals surface area (Å²) >= 11 is 0. The molecule has 33 heavy (non-hydrogen) atoms. The second-order valence-corrected chi connectivity index (χ2v) is 8.50. The van der Waals surface area contributed by atoms with E-state index in [9.17, 15) is 21.6 Å². The van der Waals surface area contributed by atoms with Gasteiger partial charge in [-0.1, -0.05) is 6.07 Å². The first-order valence-corrected chi connectivity index (χ1v) is 11.0. The van der Waals surface area contributed by atoms with Gasteiger partial charge in [0.05, 0.1) is 17.6 Å². The van der Waals surface area contributed by atoms with Crippen molar-refractivity contribution in [2.75, 3.05) is 21.1 Å². The van der Waals surface area contributed by atoms with Crippen molar-refractivity contribution < 1.29 is 21.6 Å². The molecular weight excluding hydrogens is 461 g/mol. The van der Waals surface area contributed by atoms with Crippen LogP contribution in [0.15, 0.2) is 42.9 Å². The van der Waals surface area contributed by atoms with Crippen LogP contribution in [0.4, 0.5) is 36.4 Å². The van der Waals surface area contributed by atoms with Crippen LogP contribution in [0.1, 0.15) is 23.7 Å². The molecule has 0 bridgehead atoms. The van der Waals surface area contributed by atoms with Gasteiger partial charge < -0.3 is 10.6 Å². The van der Waals surface area contributed by atoms with Crippen LogP contribution in [0.5, 0.6) is 0 Å². The van der Waals surface area contributed by atoms with Gasteiger partial charge in [0.15, 0.2) is 0 Å². The number of nitrogens with zero attached hydrogens (tertiary/aromatic N) is 5. The Morgan fingerprint density at radius 1 is 1.09 bits per heavy atom. The van der Waals surface area contributed by atoms with Crippen LogP contribution in [-0.2, 0) is 22.7 Å². The molecule has 0 unspecified atom stereocenters. The summed E-state index contributed by atoms with van der Waals surface area (Å²) in [4.78, 5) is 15.4. The largest absolute Gasteiger partial charge is 0.421 e. The zero-order valence-corrected chi connectivity index (χ0v) is 17.9. The monoisotopic (exact) mass is 478 g/mol. The zero-order valence-electron chi connectivity index (χ0n) is 17.1. The van der Waals surface area contributed by atoms with E-state index in [0.29, 0.717) is 17.4 Å². The number of hydrogen-bond donors (Lipinski definition) is 3. The van der Waals surface area contributed by atoms with Crippen molar-refractivity contribution in [3.05, 3.63) is 59.7 Å². The van der Waals surface area contributed by atoms with Crippen molar-refractivity contribution in [1.82, 2.24) is 19.9 Å². The molecule has 3 aromatic rings. The van der Waals surface area contributed by atoms with Crippen LogP contribution in [0, 0.1) is 11.3 Å². The van der Waals surface area contributed by atoms with E-state index in [2.05, 4.69) is 35.3 Å². The summed E-state index contributed by atoms with van der Waals surface area (Å²) in [5, 5.41) is 14.1. The molecule has 14 heteroatoms. The molecule has 0 aliphatic heterocycles. The lowest BCUT2D eigenvalue weighted by molar-refractivity contribution is -0.137. The molecule has 0 atom stereocenters. The quantitative estimate of drug-likeness (QED) is 0.444.